The molecule has 1 fully saturated rings. The number of fused-ring (bicyclic) bond motifs is 1. The number of halogens is 3. The number of alkyl halides is 3. The van der Waals surface area contributed by atoms with Gasteiger partial charge >= 0.3 is 12.1 Å². The number of ether oxygens (including phenoxy) is 1. The summed E-state index contributed by atoms with van der Waals surface area (Å²) in [7, 11) is 1.18. The molecule has 0 spiro atoms. The average molecular weight is 474 g/mol. The third kappa shape index (κ3) is 4.78. The van der Waals surface area contributed by atoms with E-state index in [2.05, 4.69) is 15.4 Å². The van der Waals surface area contributed by atoms with E-state index >= 15 is 0 Å². The monoisotopic (exact) mass is 474 g/mol. The Morgan fingerprint density at radius 1 is 1.18 bits per heavy atom. The van der Waals surface area contributed by atoms with Crippen LogP contribution in [0.2, 0.25) is 0 Å². The topological polar surface area (TPSA) is 103 Å². The fraction of sp³-hybridized carbons (Fsp3) is 0.348. The van der Waals surface area contributed by atoms with Gasteiger partial charge in [0.05, 0.1) is 29.9 Å². The van der Waals surface area contributed by atoms with Gasteiger partial charge < -0.3 is 14.8 Å². The van der Waals surface area contributed by atoms with Crippen molar-refractivity contribution in [2.45, 2.75) is 37.9 Å². The van der Waals surface area contributed by atoms with Crippen LogP contribution in [0.25, 0.3) is 10.9 Å². The Hall–Kier alpha value is -3.76. The van der Waals surface area contributed by atoms with Crippen LogP contribution in [-0.4, -0.2) is 40.0 Å². The molecule has 4 rings (SSSR count). The Kier molecular flexibility index (Phi) is 6.36. The number of aromatic nitrogens is 3. The second-order valence-corrected chi connectivity index (χ2v) is 8.12. The quantitative estimate of drug-likeness (QED) is 0.434. The third-order valence-electron chi connectivity index (χ3n) is 5.89. The molecule has 0 radical (unpaired) electrons. The van der Waals surface area contributed by atoms with Crippen molar-refractivity contribution in [3.63, 3.8) is 0 Å². The van der Waals surface area contributed by atoms with Crippen molar-refractivity contribution in [3.8, 4) is 0 Å². The van der Waals surface area contributed by atoms with Gasteiger partial charge in [-0.05, 0) is 49.9 Å². The Morgan fingerprint density at radius 3 is 2.56 bits per heavy atom. The number of carbonyl (C=O) groups is 3. The molecule has 0 aliphatic heterocycles. The molecular weight excluding hydrogens is 453 g/mol. The van der Waals surface area contributed by atoms with Crippen LogP contribution >= 0.6 is 0 Å². The van der Waals surface area contributed by atoms with Crippen LogP contribution in [0.15, 0.2) is 36.5 Å². The molecule has 0 unspecified atom stereocenters. The summed E-state index contributed by atoms with van der Waals surface area (Å²) >= 11 is 0. The molecular formula is C23H21F3N4O4. The third-order valence-corrected chi connectivity index (χ3v) is 5.89. The van der Waals surface area contributed by atoms with Crippen LogP contribution in [0.1, 0.15) is 58.3 Å². The van der Waals surface area contributed by atoms with Gasteiger partial charge in [-0.15, -0.1) is 0 Å². The Balaban J connectivity index is 1.65. The molecule has 0 saturated heterocycles. The van der Waals surface area contributed by atoms with Crippen molar-refractivity contribution in [3.05, 3.63) is 53.5 Å². The van der Waals surface area contributed by atoms with Crippen molar-refractivity contribution < 1.29 is 32.3 Å². The summed E-state index contributed by atoms with van der Waals surface area (Å²) in [6.45, 7) is 0. The van der Waals surface area contributed by atoms with Crippen LogP contribution in [0.3, 0.4) is 0 Å². The van der Waals surface area contributed by atoms with Gasteiger partial charge in [0, 0.05) is 17.5 Å². The number of carbonyl (C=O) groups excluding carboxylic acids is 3. The number of aldehydes is 1. The van der Waals surface area contributed by atoms with E-state index in [1.807, 2.05) is 0 Å². The van der Waals surface area contributed by atoms with Crippen LogP contribution in [0.5, 0.6) is 0 Å². The standard InChI is InChI=1S/C23H21F3N4O4/c1-34-22(33)16-10-18-14(11-30(29-18)15-7-5-13(12-31)6-8-15)9-19(16)28-21(32)17-3-2-4-20(27-17)23(24,25)26/h2-4,9-13,15H,5-8H2,1H3,(H,28,32)/t13-,15-. The van der Waals surface area contributed by atoms with Crippen molar-refractivity contribution in [1.29, 1.82) is 0 Å². The van der Waals surface area contributed by atoms with E-state index < -0.39 is 29.4 Å². The van der Waals surface area contributed by atoms with E-state index in [-0.39, 0.29) is 23.2 Å². The highest BCUT2D eigenvalue weighted by molar-refractivity contribution is 6.09. The highest BCUT2D eigenvalue weighted by Crippen LogP contribution is 2.33. The van der Waals surface area contributed by atoms with E-state index in [4.69, 9.17) is 4.74 Å². The highest BCUT2D eigenvalue weighted by atomic mass is 19.4. The van der Waals surface area contributed by atoms with Gasteiger partial charge in [-0.1, -0.05) is 6.07 Å². The average Bonchev–Trinajstić information content (AvgIpc) is 3.25. The van der Waals surface area contributed by atoms with Crippen LogP contribution in [0, 0.1) is 5.92 Å². The number of esters is 1. The number of methoxy groups -OCH3 is 1. The van der Waals surface area contributed by atoms with Gasteiger partial charge in [-0.25, -0.2) is 9.78 Å². The lowest BCUT2D eigenvalue weighted by Crippen LogP contribution is -2.19. The molecule has 1 aliphatic rings. The molecule has 0 atom stereocenters. The van der Waals surface area contributed by atoms with Crippen molar-refractivity contribution in [2.24, 2.45) is 5.92 Å². The summed E-state index contributed by atoms with van der Waals surface area (Å²) in [5, 5.41) is 7.64. The molecule has 8 nitrogen and oxygen atoms in total. The minimum Gasteiger partial charge on any atom is -0.465 e. The number of nitrogens with one attached hydrogen (secondary N) is 1. The van der Waals surface area contributed by atoms with Crippen molar-refractivity contribution in [2.75, 3.05) is 12.4 Å². The first-order valence-electron chi connectivity index (χ1n) is 10.6. The molecule has 34 heavy (non-hydrogen) atoms. The molecule has 2 heterocycles. The number of pyridine rings is 1. The summed E-state index contributed by atoms with van der Waals surface area (Å²) in [6, 6.07) is 6.07. The first kappa shape index (κ1) is 23.4. The number of rotatable bonds is 5. The van der Waals surface area contributed by atoms with E-state index in [1.54, 1.807) is 10.9 Å². The molecule has 178 valence electrons. The minimum absolute atomic E-state index is 0.00485. The first-order chi connectivity index (χ1) is 16.2. The first-order valence-corrected chi connectivity index (χ1v) is 10.6. The maximum atomic E-state index is 13.0. The van der Waals surface area contributed by atoms with E-state index in [0.29, 0.717) is 10.9 Å². The van der Waals surface area contributed by atoms with Gasteiger partial charge in [0.2, 0.25) is 0 Å². The summed E-state index contributed by atoms with van der Waals surface area (Å²) < 4.78 is 45.5. The van der Waals surface area contributed by atoms with Gasteiger partial charge in [-0.2, -0.15) is 18.3 Å². The Bertz CT molecular complexity index is 1250. The maximum Gasteiger partial charge on any atom is 0.433 e. The van der Waals surface area contributed by atoms with Gasteiger partial charge in [0.15, 0.2) is 0 Å². The summed E-state index contributed by atoms with van der Waals surface area (Å²) in [6.07, 6.45) is 1.16. The summed E-state index contributed by atoms with van der Waals surface area (Å²) in [4.78, 5) is 39.4. The lowest BCUT2D eigenvalue weighted by molar-refractivity contribution is -0.141. The zero-order valence-corrected chi connectivity index (χ0v) is 18.1. The molecule has 11 heteroatoms. The zero-order valence-electron chi connectivity index (χ0n) is 18.1. The zero-order chi connectivity index (χ0) is 24.5. The number of anilines is 1. The number of amides is 1. The lowest BCUT2D eigenvalue weighted by Gasteiger charge is -2.25. The van der Waals surface area contributed by atoms with Crippen LogP contribution in [0.4, 0.5) is 18.9 Å². The van der Waals surface area contributed by atoms with Crippen LogP contribution in [-0.2, 0) is 15.7 Å². The van der Waals surface area contributed by atoms with Gasteiger partial charge in [-0.3, -0.25) is 9.48 Å². The molecule has 3 aromatic rings. The summed E-state index contributed by atoms with van der Waals surface area (Å²) in [5.74, 6) is -1.59. The van der Waals surface area contributed by atoms with E-state index in [9.17, 15) is 27.6 Å². The fourth-order valence-electron chi connectivity index (χ4n) is 4.07. The number of nitrogens with zero attached hydrogens (tertiary/aromatic N) is 3. The molecule has 1 N–H and O–H groups in total. The van der Waals surface area contributed by atoms with Crippen LogP contribution < -0.4 is 5.32 Å². The number of hydrogen-bond donors (Lipinski definition) is 1. The van der Waals surface area contributed by atoms with Gasteiger partial charge in [0.25, 0.3) is 5.91 Å². The molecule has 0 bridgehead atoms. The number of hydrogen-bond acceptors (Lipinski definition) is 6. The molecule has 1 aromatic carbocycles. The molecule has 1 amide bonds. The number of benzene rings is 1. The lowest BCUT2D eigenvalue weighted by atomic mass is 9.87. The SMILES string of the molecule is COC(=O)c1cc2nn([C@H]3CC[C@H](C=O)CC3)cc2cc1NC(=O)c1cccc(C(F)(F)F)n1. The van der Waals surface area contributed by atoms with Gasteiger partial charge in [0.1, 0.15) is 17.7 Å². The summed E-state index contributed by atoms with van der Waals surface area (Å²) in [5.41, 5.74) is -1.09. The minimum atomic E-state index is -4.70. The van der Waals surface area contributed by atoms with E-state index in [1.165, 1.54) is 19.2 Å². The Morgan fingerprint density at radius 2 is 1.91 bits per heavy atom. The predicted octanol–water partition coefficient (Wildman–Crippen LogP) is 4.42. The second-order valence-electron chi connectivity index (χ2n) is 8.12. The van der Waals surface area contributed by atoms with Crippen molar-refractivity contribution in [1.82, 2.24) is 14.8 Å². The predicted molar refractivity (Wildman–Crippen MR) is 115 cm³/mol. The second kappa shape index (κ2) is 9.24. The molecule has 1 saturated carbocycles. The largest absolute Gasteiger partial charge is 0.465 e. The maximum absolute atomic E-state index is 13.0. The Labute approximate surface area is 192 Å². The van der Waals surface area contributed by atoms with E-state index in [0.717, 1.165) is 50.2 Å². The molecule has 1 aliphatic carbocycles. The molecule has 2 aromatic heterocycles. The fourth-order valence-corrected chi connectivity index (χ4v) is 4.07. The normalized spacial score (nSPS) is 18.5. The van der Waals surface area contributed by atoms with Crippen molar-refractivity contribution >= 4 is 34.8 Å². The smallest absolute Gasteiger partial charge is 0.433 e. The highest BCUT2D eigenvalue weighted by Gasteiger charge is 2.33.